The Morgan fingerprint density at radius 3 is 2.38 bits per heavy atom. The van der Waals surface area contributed by atoms with Crippen molar-refractivity contribution in [2.45, 2.75) is 55.0 Å². The topological polar surface area (TPSA) is 151 Å². The van der Waals surface area contributed by atoms with E-state index in [0.717, 1.165) is 42.0 Å². The summed E-state index contributed by atoms with van der Waals surface area (Å²) in [4.78, 5) is 40.1. The number of morpholine rings is 1. The van der Waals surface area contributed by atoms with Crippen molar-refractivity contribution in [2.24, 2.45) is 0 Å². The fourth-order valence-electron chi connectivity index (χ4n) is 5.66. The number of benzene rings is 2. The van der Waals surface area contributed by atoms with Crippen molar-refractivity contribution in [2.75, 3.05) is 46.4 Å². The molecule has 1 aliphatic heterocycles. The van der Waals surface area contributed by atoms with E-state index >= 15 is 0 Å². The van der Waals surface area contributed by atoms with Crippen LogP contribution in [0.1, 0.15) is 37.7 Å². The maximum Gasteiger partial charge on any atom is 0.289 e. The molecule has 228 valence electrons. The Labute approximate surface area is 246 Å². The van der Waals surface area contributed by atoms with Crippen molar-refractivity contribution in [3.05, 3.63) is 70.3 Å². The highest BCUT2D eigenvalue weighted by atomic mass is 32.2. The number of amides is 2. The van der Waals surface area contributed by atoms with Crippen molar-refractivity contribution < 1.29 is 27.7 Å². The Morgan fingerprint density at radius 2 is 1.71 bits per heavy atom. The van der Waals surface area contributed by atoms with E-state index in [4.69, 9.17) is 4.74 Å². The van der Waals surface area contributed by atoms with E-state index in [2.05, 4.69) is 15.5 Å². The molecule has 12 nitrogen and oxygen atoms in total. The van der Waals surface area contributed by atoms with Gasteiger partial charge in [-0.25, -0.2) is 8.42 Å². The van der Waals surface area contributed by atoms with Gasteiger partial charge < -0.3 is 15.4 Å². The van der Waals surface area contributed by atoms with Crippen LogP contribution in [-0.2, 0) is 30.8 Å². The number of likely N-dealkylation sites (N-methyl/N-ethyl adjacent to an activating group) is 1. The zero-order valence-electron chi connectivity index (χ0n) is 23.9. The third-order valence-electron chi connectivity index (χ3n) is 8.12. The molecule has 2 aliphatic rings. The van der Waals surface area contributed by atoms with Crippen LogP contribution < -0.4 is 10.6 Å². The highest BCUT2D eigenvalue weighted by molar-refractivity contribution is 7.89. The molecule has 2 aromatic rings. The molecule has 1 heterocycles. The summed E-state index contributed by atoms with van der Waals surface area (Å²) >= 11 is 0. The second-order valence-corrected chi connectivity index (χ2v) is 12.7. The average Bonchev–Trinajstić information content (AvgIpc) is 3.51. The number of nitro benzene ring substituents is 1. The van der Waals surface area contributed by atoms with Gasteiger partial charge in [0.1, 0.15) is 11.6 Å². The summed E-state index contributed by atoms with van der Waals surface area (Å²) in [6, 6.07) is 13.4. The number of para-hydroxylation sites is 1. The fourth-order valence-corrected chi connectivity index (χ4v) is 7.34. The van der Waals surface area contributed by atoms with Gasteiger partial charge in [-0.15, -0.1) is 0 Å². The number of nitrogens with one attached hydrogen (secondary N) is 2. The highest BCUT2D eigenvalue weighted by Crippen LogP contribution is 2.39. The van der Waals surface area contributed by atoms with Gasteiger partial charge in [0.25, 0.3) is 15.7 Å². The molecular formula is C29H39N5O7S. The summed E-state index contributed by atoms with van der Waals surface area (Å²) in [5.74, 6) is -0.944. The van der Waals surface area contributed by atoms with E-state index in [1.807, 2.05) is 30.3 Å². The Bertz CT molecular complexity index is 1340. The van der Waals surface area contributed by atoms with E-state index < -0.39 is 43.0 Å². The lowest BCUT2D eigenvalue weighted by Crippen LogP contribution is -2.61. The minimum Gasteiger partial charge on any atom is -0.379 e. The van der Waals surface area contributed by atoms with Crippen LogP contribution in [-0.4, -0.2) is 92.4 Å². The van der Waals surface area contributed by atoms with E-state index in [-0.39, 0.29) is 25.2 Å². The fraction of sp³-hybridized carbons (Fsp3) is 0.517. The lowest BCUT2D eigenvalue weighted by atomic mass is 9.95. The van der Waals surface area contributed by atoms with Gasteiger partial charge in [0.15, 0.2) is 4.90 Å². The summed E-state index contributed by atoms with van der Waals surface area (Å²) in [5, 5.41) is 17.4. The predicted octanol–water partition coefficient (Wildman–Crippen LogP) is 2.09. The normalized spacial score (nSPS) is 18.0. The molecule has 0 aromatic heterocycles. The number of ether oxygens (including phenoxy) is 1. The van der Waals surface area contributed by atoms with Crippen LogP contribution in [0.25, 0.3) is 0 Å². The lowest BCUT2D eigenvalue weighted by molar-refractivity contribution is -0.387. The largest absolute Gasteiger partial charge is 0.379 e. The quantitative estimate of drug-likeness (QED) is 0.201. The van der Waals surface area contributed by atoms with Crippen molar-refractivity contribution >= 4 is 27.5 Å². The minimum absolute atomic E-state index is 0.221. The molecule has 2 aromatic carbocycles. The van der Waals surface area contributed by atoms with Crippen molar-refractivity contribution in [1.82, 2.24) is 19.8 Å². The second-order valence-electron chi connectivity index (χ2n) is 10.8. The number of rotatable bonds is 13. The Morgan fingerprint density at radius 1 is 1.07 bits per heavy atom. The van der Waals surface area contributed by atoms with Gasteiger partial charge in [-0.3, -0.25) is 24.6 Å². The number of carbonyl (C=O) groups is 2. The third-order valence-corrected chi connectivity index (χ3v) is 10.1. The molecule has 0 bridgehead atoms. The molecule has 4 rings (SSSR count). The lowest BCUT2D eigenvalue weighted by Gasteiger charge is -2.37. The van der Waals surface area contributed by atoms with E-state index in [1.54, 1.807) is 0 Å². The Balaban J connectivity index is 1.52. The second kappa shape index (κ2) is 14.2. The molecule has 1 aliphatic carbocycles. The van der Waals surface area contributed by atoms with Crippen LogP contribution in [0.4, 0.5) is 5.69 Å². The average molecular weight is 602 g/mol. The Hall–Kier alpha value is -3.39. The van der Waals surface area contributed by atoms with Gasteiger partial charge in [0, 0.05) is 39.2 Å². The number of nitro groups is 1. The monoisotopic (exact) mass is 601 g/mol. The molecule has 1 saturated heterocycles. The standard InChI is InChI=1S/C29H39N5O7S/c1-32(42(39,40)26-13-6-5-12-25(26)34(37)38)29(14-7-8-15-29)28(36)31-24(22-23-10-3-2-4-11-23)27(35)30-16-9-17-33-18-20-41-21-19-33/h2-6,10-13,24H,7-9,14-22H2,1H3,(H,30,35)(H,31,36)/t24-/m1/s1. The molecule has 0 unspecified atom stereocenters. The van der Waals surface area contributed by atoms with E-state index in [0.29, 0.717) is 32.6 Å². The first-order chi connectivity index (χ1) is 20.1. The van der Waals surface area contributed by atoms with Crippen LogP contribution in [0.5, 0.6) is 0 Å². The maximum absolute atomic E-state index is 14.0. The van der Waals surface area contributed by atoms with Crippen LogP contribution in [0, 0.1) is 10.1 Å². The van der Waals surface area contributed by atoms with Crippen LogP contribution in [0.2, 0.25) is 0 Å². The molecule has 2 N–H and O–H groups in total. The van der Waals surface area contributed by atoms with Gasteiger partial charge in [0.05, 0.1) is 18.1 Å². The predicted molar refractivity (Wildman–Crippen MR) is 156 cm³/mol. The number of sulfonamides is 1. The highest BCUT2D eigenvalue weighted by Gasteiger charge is 2.51. The maximum atomic E-state index is 14.0. The van der Waals surface area contributed by atoms with Crippen LogP contribution in [0.3, 0.4) is 0 Å². The number of carbonyl (C=O) groups excluding carboxylic acids is 2. The Kier molecular flexibility index (Phi) is 10.7. The van der Waals surface area contributed by atoms with Crippen molar-refractivity contribution in [3.8, 4) is 0 Å². The third kappa shape index (κ3) is 7.33. The van der Waals surface area contributed by atoms with Gasteiger partial charge >= 0.3 is 0 Å². The van der Waals surface area contributed by atoms with Crippen molar-refractivity contribution in [1.29, 1.82) is 0 Å². The molecule has 2 amide bonds. The number of hydrogen-bond donors (Lipinski definition) is 2. The smallest absolute Gasteiger partial charge is 0.289 e. The van der Waals surface area contributed by atoms with E-state index in [1.165, 1.54) is 25.2 Å². The summed E-state index contributed by atoms with van der Waals surface area (Å²) in [6.45, 7) is 4.34. The van der Waals surface area contributed by atoms with Crippen LogP contribution >= 0.6 is 0 Å². The minimum atomic E-state index is -4.43. The van der Waals surface area contributed by atoms with Crippen molar-refractivity contribution in [3.63, 3.8) is 0 Å². The first kappa shape index (κ1) is 31.5. The molecule has 1 saturated carbocycles. The molecule has 13 heteroatoms. The van der Waals surface area contributed by atoms with E-state index in [9.17, 15) is 28.1 Å². The molecule has 0 spiro atoms. The van der Waals surface area contributed by atoms with Gasteiger partial charge in [-0.05, 0) is 37.4 Å². The first-order valence-electron chi connectivity index (χ1n) is 14.3. The first-order valence-corrected chi connectivity index (χ1v) is 15.7. The van der Waals surface area contributed by atoms with Gasteiger partial charge in [-0.1, -0.05) is 55.3 Å². The summed E-state index contributed by atoms with van der Waals surface area (Å²) in [5.41, 5.74) is -1.21. The van der Waals surface area contributed by atoms with Crippen LogP contribution in [0.15, 0.2) is 59.5 Å². The molecule has 0 radical (unpaired) electrons. The summed E-state index contributed by atoms with van der Waals surface area (Å²) in [6.07, 6.45) is 2.61. The summed E-state index contributed by atoms with van der Waals surface area (Å²) in [7, 11) is -3.14. The van der Waals surface area contributed by atoms with Gasteiger partial charge in [-0.2, -0.15) is 4.31 Å². The van der Waals surface area contributed by atoms with Gasteiger partial charge in [0.2, 0.25) is 11.8 Å². The molecule has 42 heavy (non-hydrogen) atoms. The summed E-state index contributed by atoms with van der Waals surface area (Å²) < 4.78 is 33.8. The number of hydrogen-bond acceptors (Lipinski definition) is 8. The molecular weight excluding hydrogens is 562 g/mol. The number of nitrogens with zero attached hydrogens (tertiary/aromatic N) is 3. The zero-order valence-corrected chi connectivity index (χ0v) is 24.7. The SMILES string of the molecule is CN(C1(C(=O)N[C@H](Cc2ccccc2)C(=O)NCCCN2CCOCC2)CCCC1)S(=O)(=O)c1ccccc1[N+](=O)[O-]. The molecule has 2 fully saturated rings. The molecule has 1 atom stereocenters. The zero-order chi connectivity index (χ0) is 30.2.